The fourth-order valence-electron chi connectivity index (χ4n) is 2.49. The summed E-state index contributed by atoms with van der Waals surface area (Å²) in [6.45, 7) is 0.890. The molecule has 0 aliphatic carbocycles. The first kappa shape index (κ1) is 18.1. The number of ether oxygens (including phenoxy) is 3. The Bertz CT molecular complexity index is 794. The van der Waals surface area contributed by atoms with E-state index in [1.165, 1.54) is 12.1 Å². The van der Waals surface area contributed by atoms with E-state index in [0.717, 1.165) is 5.56 Å². The number of fused-ring (bicyclic) bond motifs is 1. The largest absolute Gasteiger partial charge is 0.486 e. The van der Waals surface area contributed by atoms with E-state index in [2.05, 4.69) is 5.32 Å². The third kappa shape index (κ3) is 4.67. The Kier molecular flexibility index (Phi) is 5.96. The van der Waals surface area contributed by atoms with Crippen LogP contribution in [-0.2, 0) is 16.0 Å². The predicted octanol–water partition coefficient (Wildman–Crippen LogP) is 2.63. The Balaban J connectivity index is 1.47. The van der Waals surface area contributed by atoms with Crippen LogP contribution >= 0.6 is 11.6 Å². The molecule has 136 valence electrons. The zero-order valence-corrected chi connectivity index (χ0v) is 14.8. The van der Waals surface area contributed by atoms with Crippen LogP contribution in [0.25, 0.3) is 0 Å². The maximum absolute atomic E-state index is 12.1. The van der Waals surface area contributed by atoms with Crippen LogP contribution in [0, 0.1) is 0 Å². The van der Waals surface area contributed by atoms with Crippen molar-refractivity contribution >= 4 is 23.5 Å². The molecule has 0 saturated heterocycles. The minimum atomic E-state index is -0.651. The summed E-state index contributed by atoms with van der Waals surface area (Å²) >= 11 is 6.09. The van der Waals surface area contributed by atoms with E-state index in [4.69, 9.17) is 25.8 Å². The van der Waals surface area contributed by atoms with Gasteiger partial charge in [0.25, 0.3) is 5.91 Å². The summed E-state index contributed by atoms with van der Waals surface area (Å²) in [5.74, 6) is -0.212. The Labute approximate surface area is 156 Å². The Morgan fingerprint density at radius 1 is 1.12 bits per heavy atom. The number of hydrogen-bond acceptors (Lipinski definition) is 5. The minimum Gasteiger partial charge on any atom is -0.486 e. The standard InChI is InChI=1S/C19H18ClNO5/c20-15-10-14(11-16-18(15)25-9-8-24-16)19(23)26-12-17(22)21-7-6-13-4-2-1-3-5-13/h1-5,10-11H,6-9,12H2,(H,21,22). The van der Waals surface area contributed by atoms with Crippen molar-refractivity contribution < 1.29 is 23.8 Å². The third-order valence-electron chi connectivity index (χ3n) is 3.75. The van der Waals surface area contributed by atoms with Gasteiger partial charge < -0.3 is 19.5 Å². The van der Waals surface area contributed by atoms with Crippen molar-refractivity contribution in [3.05, 3.63) is 58.6 Å². The quantitative estimate of drug-likeness (QED) is 0.786. The van der Waals surface area contributed by atoms with E-state index in [1.807, 2.05) is 30.3 Å². The lowest BCUT2D eigenvalue weighted by Gasteiger charge is -2.19. The summed E-state index contributed by atoms with van der Waals surface area (Å²) in [5, 5.41) is 2.98. The van der Waals surface area contributed by atoms with Crippen molar-refractivity contribution in [3.63, 3.8) is 0 Å². The second-order valence-electron chi connectivity index (χ2n) is 5.64. The number of carbonyl (C=O) groups is 2. The monoisotopic (exact) mass is 375 g/mol. The zero-order valence-electron chi connectivity index (χ0n) is 14.0. The number of nitrogens with one attached hydrogen (secondary N) is 1. The van der Waals surface area contributed by atoms with Gasteiger partial charge in [-0.15, -0.1) is 0 Å². The minimum absolute atomic E-state index is 0.205. The second-order valence-corrected chi connectivity index (χ2v) is 6.05. The molecule has 1 aliphatic heterocycles. The smallest absolute Gasteiger partial charge is 0.338 e. The SMILES string of the molecule is O=C(COC(=O)c1cc(Cl)c2c(c1)OCCO2)NCCc1ccccc1. The van der Waals surface area contributed by atoms with Gasteiger partial charge in [0.15, 0.2) is 18.1 Å². The highest BCUT2D eigenvalue weighted by atomic mass is 35.5. The van der Waals surface area contributed by atoms with Gasteiger partial charge in [0.05, 0.1) is 10.6 Å². The predicted molar refractivity (Wildman–Crippen MR) is 95.9 cm³/mol. The van der Waals surface area contributed by atoms with Gasteiger partial charge in [-0.05, 0) is 24.1 Å². The molecule has 2 aromatic rings. The normalized spacial score (nSPS) is 12.3. The molecule has 1 amide bonds. The van der Waals surface area contributed by atoms with Crippen molar-refractivity contribution in [2.24, 2.45) is 0 Å². The molecule has 0 spiro atoms. The summed E-state index contributed by atoms with van der Waals surface area (Å²) < 4.78 is 15.8. The molecule has 0 fully saturated rings. The summed E-state index contributed by atoms with van der Waals surface area (Å²) in [4.78, 5) is 23.9. The van der Waals surface area contributed by atoms with Crippen LogP contribution in [0.5, 0.6) is 11.5 Å². The van der Waals surface area contributed by atoms with Crippen LogP contribution in [0.15, 0.2) is 42.5 Å². The molecule has 1 N–H and O–H groups in total. The highest BCUT2D eigenvalue weighted by molar-refractivity contribution is 6.32. The van der Waals surface area contributed by atoms with Crippen LogP contribution < -0.4 is 14.8 Å². The van der Waals surface area contributed by atoms with Gasteiger partial charge in [-0.25, -0.2) is 4.79 Å². The number of halogens is 1. The molecule has 6 nitrogen and oxygen atoms in total. The molecule has 0 bridgehead atoms. The van der Waals surface area contributed by atoms with E-state index in [0.29, 0.717) is 37.7 Å². The van der Waals surface area contributed by atoms with E-state index < -0.39 is 5.97 Å². The zero-order chi connectivity index (χ0) is 18.4. The van der Waals surface area contributed by atoms with Crippen molar-refractivity contribution in [2.75, 3.05) is 26.4 Å². The number of benzene rings is 2. The summed E-state index contributed by atoms with van der Waals surface area (Å²) in [7, 11) is 0. The Morgan fingerprint density at radius 3 is 2.69 bits per heavy atom. The number of hydrogen-bond donors (Lipinski definition) is 1. The first-order valence-corrected chi connectivity index (χ1v) is 8.58. The molecule has 0 unspecified atom stereocenters. The second kappa shape index (κ2) is 8.58. The molecule has 0 saturated carbocycles. The highest BCUT2D eigenvalue weighted by Crippen LogP contribution is 2.38. The lowest BCUT2D eigenvalue weighted by molar-refractivity contribution is -0.124. The van der Waals surface area contributed by atoms with Crippen molar-refractivity contribution in [2.45, 2.75) is 6.42 Å². The summed E-state index contributed by atoms with van der Waals surface area (Å²) in [6.07, 6.45) is 0.707. The van der Waals surface area contributed by atoms with E-state index in [1.54, 1.807) is 0 Å². The Morgan fingerprint density at radius 2 is 1.88 bits per heavy atom. The van der Waals surface area contributed by atoms with Crippen LogP contribution in [0.2, 0.25) is 5.02 Å². The fourth-order valence-corrected chi connectivity index (χ4v) is 2.75. The number of esters is 1. The highest BCUT2D eigenvalue weighted by Gasteiger charge is 2.20. The molecule has 2 aromatic carbocycles. The molecule has 0 radical (unpaired) electrons. The summed E-state index contributed by atoms with van der Waals surface area (Å²) in [5.41, 5.74) is 1.33. The maximum Gasteiger partial charge on any atom is 0.338 e. The van der Waals surface area contributed by atoms with Crippen LogP contribution in [-0.4, -0.2) is 38.2 Å². The van der Waals surface area contributed by atoms with Crippen molar-refractivity contribution in [1.29, 1.82) is 0 Å². The molecule has 26 heavy (non-hydrogen) atoms. The first-order chi connectivity index (χ1) is 12.6. The van der Waals surface area contributed by atoms with Crippen LogP contribution in [0.3, 0.4) is 0 Å². The summed E-state index contributed by atoms with van der Waals surface area (Å²) in [6, 6.07) is 12.7. The number of carbonyl (C=O) groups excluding carboxylic acids is 2. The van der Waals surface area contributed by atoms with Gasteiger partial charge in [0, 0.05) is 6.54 Å². The average molecular weight is 376 g/mol. The van der Waals surface area contributed by atoms with Gasteiger partial charge in [-0.3, -0.25) is 4.79 Å². The molecule has 3 rings (SSSR count). The number of rotatable bonds is 6. The van der Waals surface area contributed by atoms with Gasteiger partial charge in [-0.2, -0.15) is 0 Å². The molecule has 1 heterocycles. The molecule has 1 aliphatic rings. The number of amides is 1. The average Bonchev–Trinajstić information content (AvgIpc) is 2.67. The van der Waals surface area contributed by atoms with Crippen molar-refractivity contribution in [1.82, 2.24) is 5.32 Å². The van der Waals surface area contributed by atoms with E-state index in [9.17, 15) is 9.59 Å². The molecule has 7 heteroatoms. The van der Waals surface area contributed by atoms with Crippen molar-refractivity contribution in [3.8, 4) is 11.5 Å². The molecule has 0 atom stereocenters. The van der Waals surface area contributed by atoms with Gasteiger partial charge >= 0.3 is 5.97 Å². The third-order valence-corrected chi connectivity index (χ3v) is 4.03. The molecule has 0 aromatic heterocycles. The maximum atomic E-state index is 12.1. The fraction of sp³-hybridized carbons (Fsp3) is 0.263. The molecular formula is C19H18ClNO5. The van der Waals surface area contributed by atoms with Gasteiger partial charge in [0.2, 0.25) is 0 Å². The van der Waals surface area contributed by atoms with Crippen LogP contribution in [0.1, 0.15) is 15.9 Å². The topological polar surface area (TPSA) is 73.9 Å². The molecular weight excluding hydrogens is 358 g/mol. The van der Waals surface area contributed by atoms with Gasteiger partial charge in [0.1, 0.15) is 13.2 Å². The first-order valence-electron chi connectivity index (χ1n) is 8.20. The lowest BCUT2D eigenvalue weighted by atomic mass is 10.1. The van der Waals surface area contributed by atoms with Crippen LogP contribution in [0.4, 0.5) is 0 Å². The van der Waals surface area contributed by atoms with E-state index in [-0.39, 0.29) is 23.1 Å². The van der Waals surface area contributed by atoms with Gasteiger partial charge in [-0.1, -0.05) is 41.9 Å². The Hall–Kier alpha value is -2.73. The lowest BCUT2D eigenvalue weighted by Crippen LogP contribution is -2.30. The van der Waals surface area contributed by atoms with E-state index >= 15 is 0 Å².